The second kappa shape index (κ2) is 6.57. The topological polar surface area (TPSA) is 90.4 Å². The van der Waals surface area contributed by atoms with Crippen LogP contribution in [0.1, 0.15) is 17.0 Å². The van der Waals surface area contributed by atoms with Crippen LogP contribution in [0.4, 0.5) is 5.69 Å². The molecule has 1 N–H and O–H groups in total. The Morgan fingerprint density at radius 2 is 2.14 bits per heavy atom. The van der Waals surface area contributed by atoms with Gasteiger partial charge in [0.1, 0.15) is 18.5 Å². The van der Waals surface area contributed by atoms with Crippen molar-refractivity contribution in [1.82, 2.24) is 9.78 Å². The summed E-state index contributed by atoms with van der Waals surface area (Å²) >= 11 is 0. The second-order valence-corrected chi connectivity index (χ2v) is 5.20. The van der Waals surface area contributed by atoms with Crippen LogP contribution in [-0.2, 0) is 6.54 Å². The van der Waals surface area contributed by atoms with Crippen LogP contribution in [-0.4, -0.2) is 32.5 Å². The van der Waals surface area contributed by atoms with Crippen molar-refractivity contribution in [3.05, 3.63) is 51.3 Å². The Hall–Kier alpha value is -2.41. The molecule has 0 amide bonds. The first-order valence-electron chi connectivity index (χ1n) is 6.94. The van der Waals surface area contributed by atoms with E-state index in [1.54, 1.807) is 16.8 Å². The van der Waals surface area contributed by atoms with E-state index in [1.165, 1.54) is 12.1 Å². The summed E-state index contributed by atoms with van der Waals surface area (Å²) in [5.41, 5.74) is 3.00. The lowest BCUT2D eigenvalue weighted by Gasteiger charge is -2.13. The first-order valence-corrected chi connectivity index (χ1v) is 6.94. The Morgan fingerprint density at radius 3 is 2.73 bits per heavy atom. The molecule has 7 nitrogen and oxygen atoms in total. The molecule has 7 heteroatoms. The molecule has 0 unspecified atom stereocenters. The first kappa shape index (κ1) is 16.0. The summed E-state index contributed by atoms with van der Waals surface area (Å²) in [6, 6.07) is 5.89. The van der Waals surface area contributed by atoms with E-state index in [0.29, 0.717) is 12.3 Å². The zero-order chi connectivity index (χ0) is 16.3. The van der Waals surface area contributed by atoms with E-state index >= 15 is 0 Å². The van der Waals surface area contributed by atoms with Crippen molar-refractivity contribution >= 4 is 5.69 Å². The number of hydrogen-bond donors (Lipinski definition) is 1. The van der Waals surface area contributed by atoms with Crippen LogP contribution in [0, 0.1) is 30.9 Å². The highest BCUT2D eigenvalue weighted by Gasteiger charge is 2.13. The molecular weight excluding hydrogens is 286 g/mol. The monoisotopic (exact) mass is 305 g/mol. The van der Waals surface area contributed by atoms with Crippen molar-refractivity contribution in [3.8, 4) is 5.75 Å². The molecule has 2 aromatic rings. The summed E-state index contributed by atoms with van der Waals surface area (Å²) in [5, 5.41) is 25.1. The lowest BCUT2D eigenvalue weighted by molar-refractivity contribution is -0.384. The van der Waals surface area contributed by atoms with Gasteiger partial charge in [-0.05, 0) is 32.4 Å². The number of aliphatic hydroxyl groups excluding tert-OH is 1. The summed E-state index contributed by atoms with van der Waals surface area (Å²) in [7, 11) is 0. The minimum absolute atomic E-state index is 0.0402. The molecule has 0 aliphatic heterocycles. The molecule has 0 aliphatic rings. The SMILES string of the molecule is Cc1nn(C[C@@H](O)COc2cccc([N+](=O)[O-])c2)c(C)c1C. The fraction of sp³-hybridized carbons (Fsp3) is 0.400. The number of benzene rings is 1. The lowest BCUT2D eigenvalue weighted by Crippen LogP contribution is -2.24. The van der Waals surface area contributed by atoms with Crippen LogP contribution in [0.5, 0.6) is 5.75 Å². The predicted octanol–water partition coefficient (Wildman–Crippen LogP) is 2.16. The van der Waals surface area contributed by atoms with Crippen molar-refractivity contribution in [2.75, 3.05) is 6.61 Å². The molecule has 0 saturated carbocycles. The maximum Gasteiger partial charge on any atom is 0.273 e. The largest absolute Gasteiger partial charge is 0.491 e. The van der Waals surface area contributed by atoms with Crippen molar-refractivity contribution in [2.24, 2.45) is 0 Å². The van der Waals surface area contributed by atoms with Gasteiger partial charge in [-0.15, -0.1) is 0 Å². The van der Waals surface area contributed by atoms with Gasteiger partial charge >= 0.3 is 0 Å². The van der Waals surface area contributed by atoms with Crippen molar-refractivity contribution in [1.29, 1.82) is 0 Å². The van der Waals surface area contributed by atoms with Gasteiger partial charge in [-0.2, -0.15) is 5.10 Å². The van der Waals surface area contributed by atoms with Gasteiger partial charge in [-0.1, -0.05) is 6.07 Å². The van der Waals surface area contributed by atoms with Gasteiger partial charge in [0.2, 0.25) is 0 Å². The number of nitrogens with zero attached hydrogens (tertiary/aromatic N) is 3. The third-order valence-electron chi connectivity index (χ3n) is 3.60. The molecule has 2 rings (SSSR count). The normalized spacial score (nSPS) is 12.2. The smallest absolute Gasteiger partial charge is 0.273 e. The molecule has 0 aliphatic carbocycles. The van der Waals surface area contributed by atoms with E-state index in [1.807, 2.05) is 20.8 Å². The summed E-state index contributed by atoms with van der Waals surface area (Å²) < 4.78 is 7.15. The van der Waals surface area contributed by atoms with Gasteiger partial charge in [0.25, 0.3) is 5.69 Å². The highest BCUT2D eigenvalue weighted by atomic mass is 16.6. The number of hydrogen-bond acceptors (Lipinski definition) is 5. The molecule has 0 saturated heterocycles. The fourth-order valence-corrected chi connectivity index (χ4v) is 2.10. The Kier molecular flexibility index (Phi) is 4.77. The van der Waals surface area contributed by atoms with E-state index in [2.05, 4.69) is 5.10 Å². The third kappa shape index (κ3) is 3.62. The number of nitro benzene ring substituents is 1. The number of aliphatic hydroxyl groups is 1. The molecule has 1 aromatic carbocycles. The zero-order valence-electron chi connectivity index (χ0n) is 12.8. The lowest BCUT2D eigenvalue weighted by atomic mass is 10.2. The van der Waals surface area contributed by atoms with Crippen molar-refractivity contribution < 1.29 is 14.8 Å². The number of non-ortho nitro benzene ring substituents is 1. The molecule has 0 spiro atoms. The van der Waals surface area contributed by atoms with E-state index < -0.39 is 11.0 Å². The number of aromatic nitrogens is 2. The molecule has 118 valence electrons. The fourth-order valence-electron chi connectivity index (χ4n) is 2.10. The third-order valence-corrected chi connectivity index (χ3v) is 3.60. The van der Waals surface area contributed by atoms with Crippen LogP contribution >= 0.6 is 0 Å². The highest BCUT2D eigenvalue weighted by molar-refractivity contribution is 5.37. The molecule has 1 aromatic heterocycles. The minimum atomic E-state index is -0.753. The number of rotatable bonds is 6. The minimum Gasteiger partial charge on any atom is -0.491 e. The van der Waals surface area contributed by atoms with Gasteiger partial charge in [0, 0.05) is 11.8 Å². The maximum atomic E-state index is 10.7. The number of aryl methyl sites for hydroxylation is 1. The Labute approximate surface area is 128 Å². The second-order valence-electron chi connectivity index (χ2n) is 5.20. The van der Waals surface area contributed by atoms with Gasteiger partial charge < -0.3 is 9.84 Å². The number of ether oxygens (including phenoxy) is 1. The average Bonchev–Trinajstić information content (AvgIpc) is 2.73. The molecule has 1 atom stereocenters. The Bertz CT molecular complexity index is 681. The van der Waals surface area contributed by atoms with E-state index in [-0.39, 0.29) is 12.3 Å². The van der Waals surface area contributed by atoms with Crippen LogP contribution in [0.25, 0.3) is 0 Å². The van der Waals surface area contributed by atoms with Crippen molar-refractivity contribution in [3.63, 3.8) is 0 Å². The highest BCUT2D eigenvalue weighted by Crippen LogP contribution is 2.19. The molecule has 0 bridgehead atoms. The predicted molar refractivity (Wildman–Crippen MR) is 81.0 cm³/mol. The van der Waals surface area contributed by atoms with Crippen LogP contribution < -0.4 is 4.74 Å². The van der Waals surface area contributed by atoms with E-state index in [4.69, 9.17) is 4.74 Å². The van der Waals surface area contributed by atoms with Crippen LogP contribution in [0.15, 0.2) is 24.3 Å². The summed E-state index contributed by atoms with van der Waals surface area (Å²) in [6.07, 6.45) is -0.753. The van der Waals surface area contributed by atoms with Crippen molar-refractivity contribution in [2.45, 2.75) is 33.4 Å². The van der Waals surface area contributed by atoms with E-state index in [9.17, 15) is 15.2 Å². The van der Waals surface area contributed by atoms with Crippen LogP contribution in [0.3, 0.4) is 0 Å². The summed E-state index contributed by atoms with van der Waals surface area (Å²) in [6.45, 7) is 6.21. The average molecular weight is 305 g/mol. The summed E-state index contributed by atoms with van der Waals surface area (Å²) in [4.78, 5) is 10.2. The number of nitro groups is 1. The summed E-state index contributed by atoms with van der Waals surface area (Å²) in [5.74, 6) is 0.359. The standard InChI is InChI=1S/C15H19N3O4/c1-10-11(2)16-17(12(10)3)8-14(19)9-22-15-6-4-5-13(7-15)18(20)21/h4-7,14,19H,8-9H2,1-3H3/t14-/m1/s1. The van der Waals surface area contributed by atoms with Gasteiger partial charge in [-0.25, -0.2) is 0 Å². The Morgan fingerprint density at radius 1 is 1.41 bits per heavy atom. The molecule has 0 radical (unpaired) electrons. The maximum absolute atomic E-state index is 10.7. The van der Waals surface area contributed by atoms with Gasteiger partial charge in [-0.3, -0.25) is 14.8 Å². The molecule has 0 fully saturated rings. The van der Waals surface area contributed by atoms with E-state index in [0.717, 1.165) is 17.0 Å². The van der Waals surface area contributed by atoms with Gasteiger partial charge in [0.15, 0.2) is 0 Å². The van der Waals surface area contributed by atoms with Gasteiger partial charge in [0.05, 0.1) is 23.2 Å². The van der Waals surface area contributed by atoms with Crippen LogP contribution in [0.2, 0.25) is 0 Å². The molecular formula is C15H19N3O4. The molecule has 22 heavy (non-hydrogen) atoms. The molecule has 1 heterocycles. The first-order chi connectivity index (χ1) is 10.4. The quantitative estimate of drug-likeness (QED) is 0.652. The Balaban J connectivity index is 1.95. The zero-order valence-corrected chi connectivity index (χ0v) is 12.8.